The number of hydrogen-bond donors (Lipinski definition) is 2. The predicted molar refractivity (Wildman–Crippen MR) is 51.8 cm³/mol. The Morgan fingerprint density at radius 3 is 3.00 bits per heavy atom. The average molecular weight is 200 g/mol. The van der Waals surface area contributed by atoms with Crippen molar-refractivity contribution < 1.29 is 4.79 Å². The summed E-state index contributed by atoms with van der Waals surface area (Å²) in [5, 5.41) is 5.92. The third-order valence-electron chi connectivity index (χ3n) is 1.44. The van der Waals surface area contributed by atoms with E-state index in [1.807, 2.05) is 0 Å². The summed E-state index contributed by atoms with van der Waals surface area (Å²) < 4.78 is 0. The molecule has 2 N–H and O–H groups in total. The molecular formula is C8H10ClN3O. The summed E-state index contributed by atoms with van der Waals surface area (Å²) in [5.41, 5.74) is 0.733. The van der Waals surface area contributed by atoms with E-state index in [-0.39, 0.29) is 12.5 Å². The SMILES string of the molecule is CNC(=O)CNc1cncc(Cl)c1. The molecule has 5 heteroatoms. The molecule has 0 aliphatic heterocycles. The Kier molecular flexibility index (Phi) is 3.52. The van der Waals surface area contributed by atoms with Gasteiger partial charge in [0.1, 0.15) is 0 Å². The van der Waals surface area contributed by atoms with Crippen molar-refractivity contribution in [3.63, 3.8) is 0 Å². The van der Waals surface area contributed by atoms with Crippen molar-refractivity contribution in [3.8, 4) is 0 Å². The highest BCUT2D eigenvalue weighted by Gasteiger charge is 1.97. The van der Waals surface area contributed by atoms with Crippen LogP contribution in [0.25, 0.3) is 0 Å². The molecule has 0 radical (unpaired) electrons. The van der Waals surface area contributed by atoms with Gasteiger partial charge in [0.05, 0.1) is 23.5 Å². The molecule has 4 nitrogen and oxygen atoms in total. The van der Waals surface area contributed by atoms with E-state index >= 15 is 0 Å². The summed E-state index contributed by atoms with van der Waals surface area (Å²) >= 11 is 5.69. The van der Waals surface area contributed by atoms with Gasteiger partial charge in [0, 0.05) is 13.2 Å². The van der Waals surface area contributed by atoms with Crippen molar-refractivity contribution in [1.82, 2.24) is 10.3 Å². The number of halogens is 1. The van der Waals surface area contributed by atoms with Crippen molar-refractivity contribution in [2.75, 3.05) is 18.9 Å². The number of carbonyl (C=O) groups is 1. The lowest BCUT2D eigenvalue weighted by molar-refractivity contribution is -0.118. The molecule has 70 valence electrons. The summed E-state index contributed by atoms with van der Waals surface area (Å²) in [5.74, 6) is -0.0834. The van der Waals surface area contributed by atoms with E-state index in [0.717, 1.165) is 5.69 Å². The Bertz CT molecular complexity index is 303. The molecule has 1 rings (SSSR count). The van der Waals surface area contributed by atoms with E-state index in [0.29, 0.717) is 5.02 Å². The van der Waals surface area contributed by atoms with Gasteiger partial charge < -0.3 is 10.6 Å². The van der Waals surface area contributed by atoms with E-state index < -0.39 is 0 Å². The Morgan fingerprint density at radius 2 is 2.38 bits per heavy atom. The lowest BCUT2D eigenvalue weighted by Crippen LogP contribution is -2.26. The molecule has 0 atom stereocenters. The first-order chi connectivity index (χ1) is 6.22. The second kappa shape index (κ2) is 4.67. The van der Waals surface area contributed by atoms with E-state index in [4.69, 9.17) is 11.6 Å². The number of anilines is 1. The number of pyridine rings is 1. The van der Waals surface area contributed by atoms with Crippen molar-refractivity contribution in [3.05, 3.63) is 23.5 Å². The summed E-state index contributed by atoms with van der Waals surface area (Å²) in [6.07, 6.45) is 3.14. The van der Waals surface area contributed by atoms with Crippen LogP contribution in [0.3, 0.4) is 0 Å². The molecule has 0 unspecified atom stereocenters. The van der Waals surface area contributed by atoms with E-state index in [1.54, 1.807) is 19.3 Å². The van der Waals surface area contributed by atoms with Crippen LogP contribution in [0.5, 0.6) is 0 Å². The lowest BCUT2D eigenvalue weighted by Gasteiger charge is -2.04. The van der Waals surface area contributed by atoms with Gasteiger partial charge in [-0.05, 0) is 6.07 Å². The average Bonchev–Trinajstić information content (AvgIpc) is 2.14. The van der Waals surface area contributed by atoms with Gasteiger partial charge in [-0.1, -0.05) is 11.6 Å². The quantitative estimate of drug-likeness (QED) is 0.761. The summed E-state index contributed by atoms with van der Waals surface area (Å²) in [4.78, 5) is 14.7. The summed E-state index contributed by atoms with van der Waals surface area (Å²) in [6.45, 7) is 0.221. The minimum atomic E-state index is -0.0834. The number of carbonyl (C=O) groups excluding carboxylic acids is 1. The van der Waals surface area contributed by atoms with Crippen molar-refractivity contribution in [1.29, 1.82) is 0 Å². The molecule has 0 spiro atoms. The molecule has 1 aromatic heterocycles. The standard InChI is InChI=1S/C8H10ClN3O/c1-10-8(13)5-12-7-2-6(9)3-11-4-7/h2-4,12H,5H2,1H3,(H,10,13). The Balaban J connectivity index is 2.50. The van der Waals surface area contributed by atoms with Crippen LogP contribution in [0.15, 0.2) is 18.5 Å². The highest BCUT2D eigenvalue weighted by molar-refractivity contribution is 6.30. The highest BCUT2D eigenvalue weighted by atomic mass is 35.5. The van der Waals surface area contributed by atoms with Crippen LogP contribution >= 0.6 is 11.6 Å². The van der Waals surface area contributed by atoms with Gasteiger partial charge in [0.25, 0.3) is 0 Å². The Hall–Kier alpha value is -1.29. The van der Waals surface area contributed by atoms with Crippen molar-refractivity contribution >= 4 is 23.2 Å². The largest absolute Gasteiger partial charge is 0.375 e. The summed E-state index contributed by atoms with van der Waals surface area (Å²) in [7, 11) is 1.58. The zero-order valence-corrected chi connectivity index (χ0v) is 7.93. The molecule has 0 saturated carbocycles. The molecule has 13 heavy (non-hydrogen) atoms. The van der Waals surface area contributed by atoms with Crippen molar-refractivity contribution in [2.45, 2.75) is 0 Å². The van der Waals surface area contributed by atoms with Gasteiger partial charge in [-0.3, -0.25) is 9.78 Å². The molecule has 0 bridgehead atoms. The van der Waals surface area contributed by atoms with Gasteiger partial charge in [-0.25, -0.2) is 0 Å². The first kappa shape index (κ1) is 9.80. The van der Waals surface area contributed by atoms with Crippen LogP contribution in [0.2, 0.25) is 5.02 Å². The maximum absolute atomic E-state index is 10.8. The lowest BCUT2D eigenvalue weighted by atomic mass is 10.4. The minimum absolute atomic E-state index is 0.0834. The number of aromatic nitrogens is 1. The molecule has 1 heterocycles. The fourth-order valence-corrected chi connectivity index (χ4v) is 0.953. The topological polar surface area (TPSA) is 54.0 Å². The number of amides is 1. The molecule has 0 fully saturated rings. The van der Waals surface area contributed by atoms with Crippen LogP contribution in [0.1, 0.15) is 0 Å². The minimum Gasteiger partial charge on any atom is -0.375 e. The number of hydrogen-bond acceptors (Lipinski definition) is 3. The molecule has 0 aromatic carbocycles. The maximum Gasteiger partial charge on any atom is 0.239 e. The number of rotatable bonds is 3. The zero-order chi connectivity index (χ0) is 9.68. The van der Waals surface area contributed by atoms with Crippen LogP contribution in [-0.2, 0) is 4.79 Å². The monoisotopic (exact) mass is 199 g/mol. The highest BCUT2D eigenvalue weighted by Crippen LogP contribution is 2.11. The van der Waals surface area contributed by atoms with Crippen LogP contribution in [0, 0.1) is 0 Å². The first-order valence-corrected chi connectivity index (χ1v) is 4.15. The third-order valence-corrected chi connectivity index (χ3v) is 1.64. The molecular weight excluding hydrogens is 190 g/mol. The molecule has 0 aliphatic rings. The van der Waals surface area contributed by atoms with Gasteiger partial charge in [-0.15, -0.1) is 0 Å². The maximum atomic E-state index is 10.8. The second-order valence-corrected chi connectivity index (χ2v) is 2.85. The molecule has 1 amide bonds. The Morgan fingerprint density at radius 1 is 1.62 bits per heavy atom. The number of likely N-dealkylation sites (N-methyl/N-ethyl adjacent to an activating group) is 1. The fourth-order valence-electron chi connectivity index (χ4n) is 0.779. The van der Waals surface area contributed by atoms with E-state index in [9.17, 15) is 4.79 Å². The first-order valence-electron chi connectivity index (χ1n) is 3.77. The van der Waals surface area contributed by atoms with Gasteiger partial charge in [0.15, 0.2) is 0 Å². The van der Waals surface area contributed by atoms with Gasteiger partial charge in [-0.2, -0.15) is 0 Å². The second-order valence-electron chi connectivity index (χ2n) is 2.42. The van der Waals surface area contributed by atoms with E-state index in [1.165, 1.54) is 6.20 Å². The fraction of sp³-hybridized carbons (Fsp3) is 0.250. The van der Waals surface area contributed by atoms with Gasteiger partial charge in [0.2, 0.25) is 5.91 Å². The van der Waals surface area contributed by atoms with E-state index in [2.05, 4.69) is 15.6 Å². The third kappa shape index (κ3) is 3.29. The normalized spacial score (nSPS) is 9.38. The summed E-state index contributed by atoms with van der Waals surface area (Å²) in [6, 6.07) is 1.71. The number of nitrogens with one attached hydrogen (secondary N) is 2. The molecule has 1 aromatic rings. The smallest absolute Gasteiger partial charge is 0.239 e. The zero-order valence-electron chi connectivity index (χ0n) is 7.17. The van der Waals surface area contributed by atoms with Crippen LogP contribution in [0.4, 0.5) is 5.69 Å². The number of nitrogens with zero attached hydrogens (tertiary/aromatic N) is 1. The predicted octanol–water partition coefficient (Wildman–Crippen LogP) is 0.893. The Labute approximate surface area is 81.3 Å². The molecule has 0 saturated heterocycles. The van der Waals surface area contributed by atoms with Crippen LogP contribution in [-0.4, -0.2) is 24.5 Å². The van der Waals surface area contributed by atoms with Crippen LogP contribution < -0.4 is 10.6 Å². The van der Waals surface area contributed by atoms with Crippen molar-refractivity contribution in [2.24, 2.45) is 0 Å². The molecule has 0 aliphatic carbocycles. The van der Waals surface area contributed by atoms with Gasteiger partial charge >= 0.3 is 0 Å².